The summed E-state index contributed by atoms with van der Waals surface area (Å²) in [5.41, 5.74) is 0.945. The van der Waals surface area contributed by atoms with E-state index in [1.54, 1.807) is 0 Å². The number of hydrogen-bond donors (Lipinski definition) is 2. The molecule has 23 heavy (non-hydrogen) atoms. The Hall–Kier alpha value is -2.70. The van der Waals surface area contributed by atoms with Gasteiger partial charge >= 0.3 is 5.69 Å². The first-order chi connectivity index (χ1) is 11.2. The van der Waals surface area contributed by atoms with Crippen molar-refractivity contribution < 1.29 is 4.92 Å². The molecule has 0 bridgehead atoms. The van der Waals surface area contributed by atoms with Gasteiger partial charge in [0.25, 0.3) is 0 Å². The van der Waals surface area contributed by atoms with Crippen molar-refractivity contribution in [2.24, 2.45) is 0 Å². The molecule has 7 heteroatoms. The van der Waals surface area contributed by atoms with E-state index >= 15 is 0 Å². The van der Waals surface area contributed by atoms with E-state index in [0.29, 0.717) is 12.4 Å². The molecular weight excluding hydrogens is 294 g/mol. The van der Waals surface area contributed by atoms with Gasteiger partial charge < -0.3 is 10.6 Å². The minimum absolute atomic E-state index is 0.0877. The maximum Gasteiger partial charge on any atom is 0.353 e. The number of nitrogens with zero attached hydrogens (tertiary/aromatic N) is 3. The summed E-state index contributed by atoms with van der Waals surface area (Å²) >= 11 is 0. The minimum atomic E-state index is -0.426. The lowest BCUT2D eigenvalue weighted by Crippen LogP contribution is -2.17. The number of hydrogen-bond acceptors (Lipinski definition) is 6. The van der Waals surface area contributed by atoms with E-state index in [0.717, 1.165) is 31.2 Å². The number of nitrogens with one attached hydrogen (secondary N) is 2. The molecule has 0 unspecified atom stereocenters. The second-order valence-corrected chi connectivity index (χ2v) is 5.64. The summed E-state index contributed by atoms with van der Waals surface area (Å²) in [5, 5.41) is 17.7. The van der Waals surface area contributed by atoms with Crippen LogP contribution in [0.1, 0.15) is 31.2 Å². The molecule has 1 aliphatic rings. The van der Waals surface area contributed by atoms with Crippen LogP contribution in [0.3, 0.4) is 0 Å². The van der Waals surface area contributed by atoms with E-state index in [2.05, 4.69) is 20.6 Å². The fourth-order valence-electron chi connectivity index (χ4n) is 2.83. The molecule has 2 N–H and O–H groups in total. The van der Waals surface area contributed by atoms with Gasteiger partial charge in [0.1, 0.15) is 6.33 Å². The van der Waals surface area contributed by atoms with Crippen LogP contribution in [0.5, 0.6) is 0 Å². The molecular formula is C16H19N5O2. The highest BCUT2D eigenvalue weighted by molar-refractivity contribution is 5.69. The van der Waals surface area contributed by atoms with Crippen molar-refractivity contribution in [3.05, 3.63) is 52.3 Å². The molecule has 0 spiro atoms. The monoisotopic (exact) mass is 313 g/mol. The number of aromatic nitrogens is 2. The summed E-state index contributed by atoms with van der Waals surface area (Å²) < 4.78 is 0. The van der Waals surface area contributed by atoms with Gasteiger partial charge in [0.05, 0.1) is 4.92 Å². The Kier molecular flexibility index (Phi) is 4.65. The third-order valence-electron chi connectivity index (χ3n) is 4.00. The first-order valence-corrected chi connectivity index (χ1v) is 7.78. The van der Waals surface area contributed by atoms with Crippen LogP contribution in [0.25, 0.3) is 0 Å². The van der Waals surface area contributed by atoms with Crippen molar-refractivity contribution in [1.82, 2.24) is 9.97 Å². The zero-order valence-electron chi connectivity index (χ0n) is 12.7. The van der Waals surface area contributed by atoms with Gasteiger partial charge in [0.15, 0.2) is 0 Å². The molecule has 0 aliphatic heterocycles. The third-order valence-corrected chi connectivity index (χ3v) is 4.00. The molecule has 0 amide bonds. The second kappa shape index (κ2) is 7.04. The van der Waals surface area contributed by atoms with Gasteiger partial charge in [-0.15, -0.1) is 0 Å². The second-order valence-electron chi connectivity index (χ2n) is 5.64. The Morgan fingerprint density at radius 1 is 1.13 bits per heavy atom. The van der Waals surface area contributed by atoms with Gasteiger partial charge in [-0.3, -0.25) is 10.1 Å². The van der Waals surface area contributed by atoms with Crippen LogP contribution < -0.4 is 10.6 Å². The lowest BCUT2D eigenvalue weighted by atomic mass is 10.2. The van der Waals surface area contributed by atoms with Gasteiger partial charge in [0, 0.05) is 12.6 Å². The highest BCUT2D eigenvalue weighted by Crippen LogP contribution is 2.31. The van der Waals surface area contributed by atoms with Crippen molar-refractivity contribution >= 4 is 17.3 Å². The molecule has 1 aromatic carbocycles. The maximum absolute atomic E-state index is 11.5. The van der Waals surface area contributed by atoms with E-state index in [1.807, 2.05) is 30.3 Å². The van der Waals surface area contributed by atoms with Crippen molar-refractivity contribution in [2.75, 3.05) is 10.6 Å². The molecule has 120 valence electrons. The first-order valence-electron chi connectivity index (χ1n) is 7.78. The standard InChI is InChI=1S/C16H19N5O2/c22-21(23)14-15(17-10-12-6-2-1-3-7-12)18-11-19-16(14)20-13-8-4-5-9-13/h1-3,6-7,11,13H,4-5,8-10H2,(H2,17,18,19,20). The Morgan fingerprint density at radius 2 is 1.83 bits per heavy atom. The fourth-order valence-corrected chi connectivity index (χ4v) is 2.83. The highest BCUT2D eigenvalue weighted by atomic mass is 16.6. The van der Waals surface area contributed by atoms with Crippen molar-refractivity contribution in [3.63, 3.8) is 0 Å². The molecule has 7 nitrogen and oxygen atoms in total. The summed E-state index contributed by atoms with van der Waals surface area (Å²) in [5.74, 6) is 0.543. The van der Waals surface area contributed by atoms with Gasteiger partial charge in [-0.25, -0.2) is 9.97 Å². The van der Waals surface area contributed by atoms with Gasteiger partial charge in [0.2, 0.25) is 11.6 Å². The molecule has 2 aromatic rings. The van der Waals surface area contributed by atoms with Crippen molar-refractivity contribution in [1.29, 1.82) is 0 Å². The summed E-state index contributed by atoms with van der Waals surface area (Å²) in [6, 6.07) is 9.96. The maximum atomic E-state index is 11.5. The Morgan fingerprint density at radius 3 is 2.52 bits per heavy atom. The Labute approximate surface area is 134 Å². The van der Waals surface area contributed by atoms with Crippen molar-refractivity contribution in [3.8, 4) is 0 Å². The summed E-state index contributed by atoms with van der Waals surface area (Å²) in [7, 11) is 0. The van der Waals surface area contributed by atoms with Crippen LogP contribution in [0.15, 0.2) is 36.7 Å². The molecule has 0 saturated heterocycles. The topological polar surface area (TPSA) is 93.0 Å². The average Bonchev–Trinajstić information content (AvgIpc) is 3.06. The molecule has 1 heterocycles. The van der Waals surface area contributed by atoms with Crippen LogP contribution in [0.2, 0.25) is 0 Å². The van der Waals surface area contributed by atoms with E-state index in [4.69, 9.17) is 0 Å². The lowest BCUT2D eigenvalue weighted by molar-refractivity contribution is -0.383. The zero-order valence-corrected chi connectivity index (χ0v) is 12.7. The van der Waals surface area contributed by atoms with Crippen LogP contribution >= 0.6 is 0 Å². The largest absolute Gasteiger partial charge is 0.361 e. The van der Waals surface area contributed by atoms with E-state index < -0.39 is 4.92 Å². The third kappa shape index (κ3) is 3.74. The predicted octanol–water partition coefficient (Wildman–Crippen LogP) is 3.35. The molecule has 1 saturated carbocycles. The average molecular weight is 313 g/mol. The molecule has 3 rings (SSSR count). The quantitative estimate of drug-likeness (QED) is 0.627. The fraction of sp³-hybridized carbons (Fsp3) is 0.375. The molecule has 0 radical (unpaired) electrons. The molecule has 1 aliphatic carbocycles. The van der Waals surface area contributed by atoms with Gasteiger partial charge in [-0.05, 0) is 18.4 Å². The van der Waals surface area contributed by atoms with Gasteiger partial charge in [-0.2, -0.15) is 0 Å². The number of rotatable bonds is 6. The first kappa shape index (κ1) is 15.2. The minimum Gasteiger partial charge on any atom is -0.361 e. The SMILES string of the molecule is O=[N+]([O-])c1c(NCc2ccccc2)ncnc1NC1CCCC1. The number of anilines is 2. The number of benzene rings is 1. The normalized spacial score (nSPS) is 14.6. The summed E-state index contributed by atoms with van der Waals surface area (Å²) in [4.78, 5) is 19.2. The van der Waals surface area contributed by atoms with Crippen LogP contribution in [-0.4, -0.2) is 20.9 Å². The van der Waals surface area contributed by atoms with Crippen LogP contribution in [0, 0.1) is 10.1 Å². The zero-order chi connectivity index (χ0) is 16.1. The van der Waals surface area contributed by atoms with Crippen LogP contribution in [0.4, 0.5) is 17.3 Å². The molecule has 1 aromatic heterocycles. The Balaban J connectivity index is 1.79. The lowest BCUT2D eigenvalue weighted by Gasteiger charge is -2.14. The number of nitro groups is 1. The molecule has 0 atom stereocenters. The predicted molar refractivity (Wildman–Crippen MR) is 88.3 cm³/mol. The van der Waals surface area contributed by atoms with Gasteiger partial charge in [-0.1, -0.05) is 43.2 Å². The summed E-state index contributed by atoms with van der Waals surface area (Å²) in [6.07, 6.45) is 5.70. The van der Waals surface area contributed by atoms with E-state index in [1.165, 1.54) is 6.33 Å². The molecule has 1 fully saturated rings. The van der Waals surface area contributed by atoms with Crippen molar-refractivity contribution in [2.45, 2.75) is 38.3 Å². The van der Waals surface area contributed by atoms with E-state index in [9.17, 15) is 10.1 Å². The smallest absolute Gasteiger partial charge is 0.353 e. The van der Waals surface area contributed by atoms with E-state index in [-0.39, 0.29) is 17.5 Å². The Bertz CT molecular complexity index is 671. The summed E-state index contributed by atoms with van der Waals surface area (Å²) in [6.45, 7) is 0.474. The highest BCUT2D eigenvalue weighted by Gasteiger charge is 2.25. The van der Waals surface area contributed by atoms with Crippen LogP contribution in [-0.2, 0) is 6.54 Å².